The molecular weight excluding hydrogens is 180 g/mol. The summed E-state index contributed by atoms with van der Waals surface area (Å²) in [7, 11) is 0. The number of aromatic nitrogens is 2. The van der Waals surface area contributed by atoms with E-state index < -0.39 is 0 Å². The molecule has 0 saturated carbocycles. The van der Waals surface area contributed by atoms with Crippen LogP contribution in [0.3, 0.4) is 0 Å². The number of hydrogen-bond acceptors (Lipinski definition) is 3. The molecule has 0 amide bonds. The summed E-state index contributed by atoms with van der Waals surface area (Å²) in [4.78, 5) is 11.6. The predicted octanol–water partition coefficient (Wildman–Crippen LogP) is 0.822. The van der Waals surface area contributed by atoms with Crippen LogP contribution < -0.4 is 5.56 Å². The van der Waals surface area contributed by atoms with E-state index in [1.165, 1.54) is 0 Å². The lowest BCUT2D eigenvalue weighted by Gasteiger charge is -2.11. The second kappa shape index (κ2) is 3.53. The highest BCUT2D eigenvalue weighted by Crippen LogP contribution is 2.15. The van der Waals surface area contributed by atoms with Crippen LogP contribution in [0.15, 0.2) is 10.9 Å². The van der Waals surface area contributed by atoms with Gasteiger partial charge in [-0.25, -0.2) is 4.68 Å². The van der Waals surface area contributed by atoms with E-state index in [9.17, 15) is 4.79 Å². The Morgan fingerprint density at radius 1 is 1.57 bits per heavy atom. The van der Waals surface area contributed by atoms with Crippen LogP contribution in [-0.2, 0) is 4.74 Å². The Kier molecular flexibility index (Phi) is 2.37. The first kappa shape index (κ1) is 9.40. The van der Waals surface area contributed by atoms with Crippen molar-refractivity contribution in [2.45, 2.75) is 26.3 Å². The molecule has 0 radical (unpaired) electrons. The van der Waals surface area contributed by atoms with E-state index in [1.807, 2.05) is 13.8 Å². The molecule has 0 aliphatic carbocycles. The van der Waals surface area contributed by atoms with Gasteiger partial charge in [0.1, 0.15) is 0 Å². The van der Waals surface area contributed by atoms with Gasteiger partial charge in [0.05, 0.1) is 18.3 Å². The van der Waals surface area contributed by atoms with Crippen molar-refractivity contribution in [2.24, 2.45) is 0 Å². The van der Waals surface area contributed by atoms with Gasteiger partial charge < -0.3 is 4.74 Å². The van der Waals surface area contributed by atoms with E-state index in [1.54, 1.807) is 10.7 Å². The quantitative estimate of drug-likeness (QED) is 0.665. The molecule has 4 nitrogen and oxygen atoms in total. The maximum absolute atomic E-state index is 11.6. The zero-order chi connectivity index (χ0) is 10.1. The number of rotatable bonds is 1. The van der Waals surface area contributed by atoms with Crippen molar-refractivity contribution in [1.82, 2.24) is 9.78 Å². The molecule has 2 rings (SSSR count). The molecule has 1 saturated heterocycles. The van der Waals surface area contributed by atoms with Crippen LogP contribution in [0.1, 0.15) is 23.7 Å². The van der Waals surface area contributed by atoms with Crippen molar-refractivity contribution in [3.8, 4) is 0 Å². The average Bonchev–Trinajstić information content (AvgIpc) is 2.64. The molecular formula is C10H14N2O2. The van der Waals surface area contributed by atoms with Crippen molar-refractivity contribution in [3.63, 3.8) is 0 Å². The van der Waals surface area contributed by atoms with Crippen LogP contribution in [-0.4, -0.2) is 23.0 Å². The van der Waals surface area contributed by atoms with Crippen LogP contribution in [0, 0.1) is 13.8 Å². The van der Waals surface area contributed by atoms with Gasteiger partial charge in [0.15, 0.2) is 0 Å². The number of nitrogens with zero attached hydrogens (tertiary/aromatic N) is 2. The minimum atomic E-state index is -0.0244. The van der Waals surface area contributed by atoms with Gasteiger partial charge in [0.25, 0.3) is 5.56 Å². The average molecular weight is 194 g/mol. The molecule has 14 heavy (non-hydrogen) atoms. The first-order valence-electron chi connectivity index (χ1n) is 4.83. The van der Waals surface area contributed by atoms with Gasteiger partial charge in [-0.15, -0.1) is 0 Å². The summed E-state index contributed by atoms with van der Waals surface area (Å²) in [6, 6.07) is 1.77. The molecule has 1 atom stereocenters. The van der Waals surface area contributed by atoms with Crippen molar-refractivity contribution >= 4 is 0 Å². The molecule has 1 unspecified atom stereocenters. The third-order valence-corrected chi connectivity index (χ3v) is 2.65. The molecule has 1 aliphatic rings. The lowest BCUT2D eigenvalue weighted by molar-refractivity contribution is 0.183. The van der Waals surface area contributed by atoms with Crippen molar-refractivity contribution < 1.29 is 4.74 Å². The number of aryl methyl sites for hydroxylation is 2. The van der Waals surface area contributed by atoms with Crippen LogP contribution >= 0.6 is 0 Å². The largest absolute Gasteiger partial charge is 0.379 e. The minimum Gasteiger partial charge on any atom is -0.379 e. The summed E-state index contributed by atoms with van der Waals surface area (Å²) in [6.07, 6.45) is 0.884. The van der Waals surface area contributed by atoms with Crippen molar-refractivity contribution in [1.29, 1.82) is 0 Å². The Labute approximate surface area is 82.5 Å². The summed E-state index contributed by atoms with van der Waals surface area (Å²) >= 11 is 0. The fourth-order valence-electron chi connectivity index (χ4n) is 1.62. The Bertz CT molecular complexity index is 392. The second-order valence-electron chi connectivity index (χ2n) is 3.71. The summed E-state index contributed by atoms with van der Waals surface area (Å²) in [6.45, 7) is 5.15. The highest BCUT2D eigenvalue weighted by Gasteiger charge is 2.19. The molecule has 1 fully saturated rings. The zero-order valence-electron chi connectivity index (χ0n) is 8.49. The van der Waals surface area contributed by atoms with Gasteiger partial charge in [0.2, 0.25) is 0 Å². The van der Waals surface area contributed by atoms with Crippen LogP contribution in [0.2, 0.25) is 0 Å². The summed E-state index contributed by atoms with van der Waals surface area (Å²) < 4.78 is 6.79. The van der Waals surface area contributed by atoms with Crippen molar-refractivity contribution in [3.05, 3.63) is 27.7 Å². The van der Waals surface area contributed by atoms with Gasteiger partial charge in [0, 0.05) is 12.7 Å². The Hall–Kier alpha value is -1.16. The van der Waals surface area contributed by atoms with Crippen LogP contribution in [0.4, 0.5) is 0 Å². The molecule has 1 aromatic rings. The van der Waals surface area contributed by atoms with E-state index in [4.69, 9.17) is 4.74 Å². The highest BCUT2D eigenvalue weighted by atomic mass is 16.5. The summed E-state index contributed by atoms with van der Waals surface area (Å²) in [5, 5.41) is 4.28. The van der Waals surface area contributed by atoms with Gasteiger partial charge in [-0.05, 0) is 25.8 Å². The normalized spacial score (nSPS) is 21.4. The number of ether oxygens (including phenoxy) is 1. The standard InChI is InChI=1S/C10H14N2O2/c1-7-5-10(13)12(11-8(7)2)9-3-4-14-6-9/h5,9H,3-4,6H2,1-2H3. The molecule has 2 heterocycles. The van der Waals surface area contributed by atoms with E-state index in [0.717, 1.165) is 24.3 Å². The van der Waals surface area contributed by atoms with E-state index in [0.29, 0.717) is 6.61 Å². The second-order valence-corrected chi connectivity index (χ2v) is 3.71. The fraction of sp³-hybridized carbons (Fsp3) is 0.600. The highest BCUT2D eigenvalue weighted by molar-refractivity contribution is 5.13. The van der Waals surface area contributed by atoms with Gasteiger partial charge in [-0.3, -0.25) is 4.79 Å². The molecule has 0 spiro atoms. The summed E-state index contributed by atoms with van der Waals surface area (Å²) in [5.74, 6) is 0. The molecule has 0 N–H and O–H groups in total. The SMILES string of the molecule is Cc1cc(=O)n(C2CCOC2)nc1C. The minimum absolute atomic E-state index is 0.0244. The molecule has 76 valence electrons. The van der Waals surface area contributed by atoms with E-state index >= 15 is 0 Å². The van der Waals surface area contributed by atoms with E-state index in [2.05, 4.69) is 5.10 Å². The maximum atomic E-state index is 11.6. The number of hydrogen-bond donors (Lipinski definition) is 0. The third kappa shape index (κ3) is 1.57. The predicted molar refractivity (Wildman–Crippen MR) is 52.4 cm³/mol. The van der Waals surface area contributed by atoms with Gasteiger partial charge in [-0.2, -0.15) is 5.10 Å². The third-order valence-electron chi connectivity index (χ3n) is 2.65. The molecule has 1 aromatic heterocycles. The van der Waals surface area contributed by atoms with Crippen molar-refractivity contribution in [2.75, 3.05) is 13.2 Å². The lowest BCUT2D eigenvalue weighted by atomic mass is 10.2. The molecule has 0 aromatic carbocycles. The fourth-order valence-corrected chi connectivity index (χ4v) is 1.62. The molecule has 4 heteroatoms. The maximum Gasteiger partial charge on any atom is 0.267 e. The first-order chi connectivity index (χ1) is 6.68. The topological polar surface area (TPSA) is 44.1 Å². The molecule has 1 aliphatic heterocycles. The van der Waals surface area contributed by atoms with Gasteiger partial charge >= 0.3 is 0 Å². The Morgan fingerprint density at radius 3 is 3.00 bits per heavy atom. The van der Waals surface area contributed by atoms with E-state index in [-0.39, 0.29) is 11.6 Å². The Morgan fingerprint density at radius 2 is 2.36 bits per heavy atom. The lowest BCUT2D eigenvalue weighted by Crippen LogP contribution is -2.28. The zero-order valence-corrected chi connectivity index (χ0v) is 8.49. The molecule has 0 bridgehead atoms. The Balaban J connectivity index is 2.42. The monoisotopic (exact) mass is 194 g/mol. The van der Waals surface area contributed by atoms with Crippen LogP contribution in [0.25, 0.3) is 0 Å². The van der Waals surface area contributed by atoms with Crippen LogP contribution in [0.5, 0.6) is 0 Å². The van der Waals surface area contributed by atoms with Gasteiger partial charge in [-0.1, -0.05) is 0 Å². The smallest absolute Gasteiger partial charge is 0.267 e. The summed E-state index contributed by atoms with van der Waals surface area (Å²) in [5.41, 5.74) is 1.84. The first-order valence-corrected chi connectivity index (χ1v) is 4.83.